The van der Waals surface area contributed by atoms with E-state index in [9.17, 15) is 9.59 Å². The third kappa shape index (κ3) is 6.86. The SMILES string of the molecule is CC(C)(C)OC(=O)Nc1ccc(-c2ccccc2)cc1NC(=O)c1ccc2c(cnn2CCN2CCOCC2)c1. The van der Waals surface area contributed by atoms with Gasteiger partial charge in [-0.1, -0.05) is 36.4 Å². The van der Waals surface area contributed by atoms with Crippen molar-refractivity contribution < 1.29 is 19.1 Å². The van der Waals surface area contributed by atoms with Crippen LogP contribution in [-0.4, -0.2) is 65.1 Å². The van der Waals surface area contributed by atoms with E-state index in [2.05, 4.69) is 20.6 Å². The highest BCUT2D eigenvalue weighted by atomic mass is 16.6. The van der Waals surface area contributed by atoms with Gasteiger partial charge >= 0.3 is 6.09 Å². The average molecular weight is 542 g/mol. The molecule has 208 valence electrons. The van der Waals surface area contributed by atoms with E-state index in [0.29, 0.717) is 16.9 Å². The number of ether oxygens (including phenoxy) is 2. The predicted molar refractivity (Wildman–Crippen MR) is 157 cm³/mol. The second kappa shape index (κ2) is 11.9. The number of benzene rings is 3. The topological polar surface area (TPSA) is 97.7 Å². The summed E-state index contributed by atoms with van der Waals surface area (Å²) in [6.45, 7) is 10.5. The molecule has 9 nitrogen and oxygen atoms in total. The Morgan fingerprint density at radius 2 is 1.68 bits per heavy atom. The second-order valence-electron chi connectivity index (χ2n) is 10.8. The summed E-state index contributed by atoms with van der Waals surface area (Å²) in [5.74, 6) is -0.291. The van der Waals surface area contributed by atoms with E-state index in [4.69, 9.17) is 9.47 Å². The van der Waals surface area contributed by atoms with Crippen molar-refractivity contribution in [1.82, 2.24) is 14.7 Å². The number of carbonyl (C=O) groups excluding carboxylic acids is 2. The minimum Gasteiger partial charge on any atom is -0.444 e. The molecule has 1 aromatic heterocycles. The van der Waals surface area contributed by atoms with Gasteiger partial charge < -0.3 is 14.8 Å². The molecule has 0 spiro atoms. The molecule has 0 saturated carbocycles. The van der Waals surface area contributed by atoms with Crippen molar-refractivity contribution in [3.8, 4) is 11.1 Å². The van der Waals surface area contributed by atoms with Gasteiger partial charge in [0, 0.05) is 30.6 Å². The molecule has 1 aliphatic heterocycles. The maximum atomic E-state index is 13.4. The number of hydrogen-bond acceptors (Lipinski definition) is 6. The average Bonchev–Trinajstić information content (AvgIpc) is 3.35. The van der Waals surface area contributed by atoms with Crippen molar-refractivity contribution >= 4 is 34.3 Å². The Labute approximate surface area is 234 Å². The van der Waals surface area contributed by atoms with E-state index < -0.39 is 11.7 Å². The first kappa shape index (κ1) is 27.4. The van der Waals surface area contributed by atoms with Crippen LogP contribution in [0.15, 0.2) is 72.9 Å². The molecule has 1 saturated heterocycles. The highest BCUT2D eigenvalue weighted by Gasteiger charge is 2.19. The smallest absolute Gasteiger partial charge is 0.412 e. The maximum Gasteiger partial charge on any atom is 0.412 e. The van der Waals surface area contributed by atoms with Crippen LogP contribution in [0.4, 0.5) is 16.2 Å². The van der Waals surface area contributed by atoms with Crippen LogP contribution < -0.4 is 10.6 Å². The Hall–Kier alpha value is -4.21. The lowest BCUT2D eigenvalue weighted by Gasteiger charge is -2.26. The monoisotopic (exact) mass is 541 g/mol. The molecule has 0 atom stereocenters. The molecular weight excluding hydrogens is 506 g/mol. The van der Waals surface area contributed by atoms with E-state index >= 15 is 0 Å². The first-order valence-corrected chi connectivity index (χ1v) is 13.5. The first-order chi connectivity index (χ1) is 19.2. The zero-order chi connectivity index (χ0) is 28.1. The van der Waals surface area contributed by atoms with E-state index in [1.54, 1.807) is 39.1 Å². The predicted octanol–water partition coefficient (Wildman–Crippen LogP) is 5.63. The van der Waals surface area contributed by atoms with Crippen molar-refractivity contribution in [2.75, 3.05) is 43.5 Å². The van der Waals surface area contributed by atoms with Gasteiger partial charge in [-0.3, -0.25) is 19.7 Å². The van der Waals surface area contributed by atoms with E-state index in [1.807, 2.05) is 59.3 Å². The fraction of sp³-hybridized carbons (Fsp3) is 0.323. The van der Waals surface area contributed by atoms with Crippen molar-refractivity contribution in [3.05, 3.63) is 78.5 Å². The number of fused-ring (bicyclic) bond motifs is 1. The maximum absolute atomic E-state index is 13.4. The summed E-state index contributed by atoms with van der Waals surface area (Å²) in [5, 5.41) is 11.2. The van der Waals surface area contributed by atoms with Gasteiger partial charge in [0.05, 0.1) is 42.8 Å². The molecule has 0 unspecified atom stereocenters. The Balaban J connectivity index is 1.35. The molecule has 9 heteroatoms. The van der Waals surface area contributed by atoms with Crippen LogP contribution in [0.25, 0.3) is 22.0 Å². The van der Waals surface area contributed by atoms with Gasteiger partial charge in [-0.25, -0.2) is 4.79 Å². The van der Waals surface area contributed by atoms with Gasteiger partial charge in [0.1, 0.15) is 5.60 Å². The highest BCUT2D eigenvalue weighted by Crippen LogP contribution is 2.30. The molecule has 5 rings (SSSR count). The second-order valence-corrected chi connectivity index (χ2v) is 10.8. The van der Waals surface area contributed by atoms with Crippen molar-refractivity contribution in [3.63, 3.8) is 0 Å². The number of nitrogens with one attached hydrogen (secondary N) is 2. The summed E-state index contributed by atoms with van der Waals surface area (Å²) in [5.41, 5.74) is 3.63. The van der Waals surface area contributed by atoms with E-state index in [-0.39, 0.29) is 5.91 Å². The van der Waals surface area contributed by atoms with Crippen LogP contribution in [-0.2, 0) is 16.0 Å². The Bertz CT molecular complexity index is 1490. The zero-order valence-electron chi connectivity index (χ0n) is 23.1. The Morgan fingerprint density at radius 3 is 2.42 bits per heavy atom. The van der Waals surface area contributed by atoms with Crippen LogP contribution in [0.3, 0.4) is 0 Å². The Kier molecular flexibility index (Phi) is 8.14. The first-order valence-electron chi connectivity index (χ1n) is 13.5. The van der Waals surface area contributed by atoms with Gasteiger partial charge in [-0.05, 0) is 62.2 Å². The normalized spacial score (nSPS) is 14.2. The summed E-state index contributed by atoms with van der Waals surface area (Å²) in [7, 11) is 0. The number of nitrogens with zero attached hydrogens (tertiary/aromatic N) is 3. The molecule has 2 heterocycles. The molecule has 2 amide bonds. The highest BCUT2D eigenvalue weighted by molar-refractivity contribution is 6.08. The molecule has 40 heavy (non-hydrogen) atoms. The molecule has 1 fully saturated rings. The van der Waals surface area contributed by atoms with Crippen molar-refractivity contribution in [1.29, 1.82) is 0 Å². The number of rotatable bonds is 7. The number of anilines is 2. The summed E-state index contributed by atoms with van der Waals surface area (Å²) in [6, 6.07) is 20.9. The van der Waals surface area contributed by atoms with Crippen LogP contribution in [0.1, 0.15) is 31.1 Å². The van der Waals surface area contributed by atoms with Crippen LogP contribution in [0.2, 0.25) is 0 Å². The van der Waals surface area contributed by atoms with Gasteiger partial charge in [0.15, 0.2) is 0 Å². The quantitative estimate of drug-likeness (QED) is 0.315. The molecule has 0 aliphatic carbocycles. The summed E-state index contributed by atoms with van der Waals surface area (Å²) in [4.78, 5) is 28.3. The lowest BCUT2D eigenvalue weighted by Crippen LogP contribution is -2.38. The van der Waals surface area contributed by atoms with Gasteiger partial charge in [0.2, 0.25) is 0 Å². The lowest BCUT2D eigenvalue weighted by atomic mass is 10.0. The standard InChI is InChI=1S/C31H35N5O4/c1-31(2,3)40-30(38)34-26-11-9-23(22-7-5-4-6-8-22)20-27(26)33-29(37)24-10-12-28-25(19-24)21-32-36(28)14-13-35-15-17-39-18-16-35/h4-12,19-21H,13-18H2,1-3H3,(H,33,37)(H,34,38). The molecular formula is C31H35N5O4. The van der Waals surface area contributed by atoms with Gasteiger partial charge in [-0.15, -0.1) is 0 Å². The summed E-state index contributed by atoms with van der Waals surface area (Å²) < 4.78 is 12.8. The summed E-state index contributed by atoms with van der Waals surface area (Å²) in [6.07, 6.45) is 1.19. The molecule has 1 aliphatic rings. The minimum absolute atomic E-state index is 0.291. The van der Waals surface area contributed by atoms with Crippen LogP contribution in [0.5, 0.6) is 0 Å². The number of carbonyl (C=O) groups is 2. The third-order valence-corrected chi connectivity index (χ3v) is 6.65. The lowest BCUT2D eigenvalue weighted by molar-refractivity contribution is 0.0361. The van der Waals surface area contributed by atoms with E-state index in [1.165, 1.54) is 0 Å². The molecule has 4 aromatic rings. The number of hydrogen-bond donors (Lipinski definition) is 2. The fourth-order valence-corrected chi connectivity index (χ4v) is 4.64. The van der Waals surface area contributed by atoms with E-state index in [0.717, 1.165) is 61.4 Å². The molecule has 2 N–H and O–H groups in total. The fourth-order valence-electron chi connectivity index (χ4n) is 4.64. The minimum atomic E-state index is -0.653. The van der Waals surface area contributed by atoms with Gasteiger partial charge in [0.25, 0.3) is 5.91 Å². The largest absolute Gasteiger partial charge is 0.444 e. The molecule has 0 bridgehead atoms. The number of amides is 2. The van der Waals surface area contributed by atoms with Gasteiger partial charge in [-0.2, -0.15) is 5.10 Å². The Morgan fingerprint density at radius 1 is 0.900 bits per heavy atom. The zero-order valence-corrected chi connectivity index (χ0v) is 23.1. The van der Waals surface area contributed by atoms with Crippen molar-refractivity contribution in [2.24, 2.45) is 0 Å². The molecule has 3 aromatic carbocycles. The number of morpholine rings is 1. The van der Waals surface area contributed by atoms with Crippen LogP contribution >= 0.6 is 0 Å². The number of aromatic nitrogens is 2. The van der Waals surface area contributed by atoms with Crippen molar-refractivity contribution in [2.45, 2.75) is 32.9 Å². The summed E-state index contributed by atoms with van der Waals surface area (Å²) >= 11 is 0. The molecule has 0 radical (unpaired) electrons. The third-order valence-electron chi connectivity index (χ3n) is 6.65. The van der Waals surface area contributed by atoms with Crippen LogP contribution in [0, 0.1) is 0 Å².